The van der Waals surface area contributed by atoms with Crippen LogP contribution in [0.15, 0.2) is 28.3 Å². The predicted molar refractivity (Wildman–Crippen MR) is 90.6 cm³/mol. The molecule has 2 atom stereocenters. The second kappa shape index (κ2) is 7.07. The Morgan fingerprint density at radius 3 is 2.90 bits per heavy atom. The molecule has 0 aliphatic carbocycles. The molecular formula is C16H25N3OS. The van der Waals surface area contributed by atoms with Gasteiger partial charge in [-0.25, -0.2) is 0 Å². The quantitative estimate of drug-likeness (QED) is 0.294. The highest BCUT2D eigenvalue weighted by atomic mass is 32.2. The Balaban J connectivity index is 2.49. The normalized spacial score (nSPS) is 23.4. The molecule has 0 saturated carbocycles. The maximum absolute atomic E-state index is 9.16. The molecule has 5 heteroatoms. The van der Waals surface area contributed by atoms with E-state index in [9.17, 15) is 0 Å². The van der Waals surface area contributed by atoms with Crippen LogP contribution >= 0.6 is 11.8 Å². The Hall–Kier alpha value is -1.36. The van der Waals surface area contributed by atoms with E-state index >= 15 is 0 Å². The molecule has 4 nitrogen and oxygen atoms in total. The minimum Gasteiger partial charge on any atom is -0.409 e. The lowest BCUT2D eigenvalue weighted by atomic mass is 9.91. The van der Waals surface area contributed by atoms with Crippen molar-refractivity contribution >= 4 is 23.3 Å². The number of piperidine rings is 1. The molecule has 2 unspecified atom stereocenters. The van der Waals surface area contributed by atoms with Gasteiger partial charge in [0.15, 0.2) is 5.84 Å². The van der Waals surface area contributed by atoms with Gasteiger partial charge in [0.05, 0.1) is 5.56 Å². The summed E-state index contributed by atoms with van der Waals surface area (Å²) in [6.45, 7) is 7.70. The number of thioether (sulfide) groups is 1. The number of hydrogen-bond donors (Lipinski definition) is 2. The van der Waals surface area contributed by atoms with Crippen molar-refractivity contribution in [2.24, 2.45) is 16.8 Å². The van der Waals surface area contributed by atoms with Crippen molar-refractivity contribution in [1.29, 1.82) is 0 Å². The smallest absolute Gasteiger partial charge is 0.173 e. The fraction of sp³-hybridized carbons (Fsp3) is 0.562. The summed E-state index contributed by atoms with van der Waals surface area (Å²) in [5, 5.41) is 12.4. The van der Waals surface area contributed by atoms with E-state index in [1.54, 1.807) is 11.8 Å². The molecule has 116 valence electrons. The SMILES string of the molecule is CCSc1cccc(N2CCCC(C)C2C)c1/C(N)=N/O. The number of anilines is 1. The summed E-state index contributed by atoms with van der Waals surface area (Å²) < 4.78 is 0. The Morgan fingerprint density at radius 2 is 2.24 bits per heavy atom. The first-order valence-corrected chi connectivity index (χ1v) is 8.59. The highest BCUT2D eigenvalue weighted by molar-refractivity contribution is 7.99. The van der Waals surface area contributed by atoms with E-state index in [0.29, 0.717) is 12.0 Å². The Morgan fingerprint density at radius 1 is 1.48 bits per heavy atom. The van der Waals surface area contributed by atoms with Crippen molar-refractivity contribution in [2.75, 3.05) is 17.2 Å². The van der Waals surface area contributed by atoms with Crippen molar-refractivity contribution in [3.63, 3.8) is 0 Å². The molecule has 2 rings (SSSR count). The molecule has 1 saturated heterocycles. The van der Waals surface area contributed by atoms with Gasteiger partial charge in [0.2, 0.25) is 0 Å². The van der Waals surface area contributed by atoms with E-state index in [0.717, 1.165) is 28.4 Å². The molecule has 1 aliphatic rings. The van der Waals surface area contributed by atoms with Gasteiger partial charge in [0.25, 0.3) is 0 Å². The Kier molecular flexibility index (Phi) is 5.39. The summed E-state index contributed by atoms with van der Waals surface area (Å²) in [5.74, 6) is 1.81. The summed E-state index contributed by atoms with van der Waals surface area (Å²) in [6, 6.07) is 6.66. The van der Waals surface area contributed by atoms with E-state index in [2.05, 4.69) is 43.0 Å². The lowest BCUT2D eigenvalue weighted by Gasteiger charge is -2.40. The summed E-state index contributed by atoms with van der Waals surface area (Å²) in [6.07, 6.45) is 2.45. The first-order chi connectivity index (χ1) is 10.1. The van der Waals surface area contributed by atoms with Crippen LogP contribution in [0.25, 0.3) is 0 Å². The number of benzene rings is 1. The van der Waals surface area contributed by atoms with Crippen LogP contribution in [0.3, 0.4) is 0 Å². The van der Waals surface area contributed by atoms with Gasteiger partial charge in [-0.2, -0.15) is 0 Å². The van der Waals surface area contributed by atoms with E-state index in [4.69, 9.17) is 10.9 Å². The number of nitrogens with zero attached hydrogens (tertiary/aromatic N) is 2. The third-order valence-electron chi connectivity index (χ3n) is 4.35. The first-order valence-electron chi connectivity index (χ1n) is 7.60. The lowest BCUT2D eigenvalue weighted by molar-refractivity contribution is 0.318. The van der Waals surface area contributed by atoms with Crippen LogP contribution in [0.5, 0.6) is 0 Å². The highest BCUT2D eigenvalue weighted by Gasteiger charge is 2.28. The third kappa shape index (κ3) is 3.28. The molecule has 1 aliphatic heterocycles. The minimum atomic E-state index is 0.201. The molecule has 0 radical (unpaired) electrons. The fourth-order valence-electron chi connectivity index (χ4n) is 3.02. The van der Waals surface area contributed by atoms with Gasteiger partial charge >= 0.3 is 0 Å². The number of nitrogens with two attached hydrogens (primary N) is 1. The van der Waals surface area contributed by atoms with Gasteiger partial charge in [-0.3, -0.25) is 0 Å². The van der Waals surface area contributed by atoms with Gasteiger partial charge in [-0.15, -0.1) is 11.8 Å². The van der Waals surface area contributed by atoms with Crippen molar-refractivity contribution in [3.05, 3.63) is 23.8 Å². The van der Waals surface area contributed by atoms with Gasteiger partial charge < -0.3 is 15.8 Å². The second-order valence-corrected chi connectivity index (χ2v) is 6.93. The monoisotopic (exact) mass is 307 g/mol. The van der Waals surface area contributed by atoms with E-state index in [1.165, 1.54) is 12.8 Å². The maximum Gasteiger partial charge on any atom is 0.173 e. The molecule has 0 aromatic heterocycles. The number of amidine groups is 1. The molecule has 0 bridgehead atoms. The second-order valence-electron chi connectivity index (χ2n) is 5.62. The summed E-state index contributed by atoms with van der Waals surface area (Å²) >= 11 is 1.73. The molecule has 0 amide bonds. The van der Waals surface area contributed by atoms with Crippen LogP contribution in [0.2, 0.25) is 0 Å². The number of rotatable bonds is 4. The number of hydrogen-bond acceptors (Lipinski definition) is 4. The largest absolute Gasteiger partial charge is 0.409 e. The molecule has 21 heavy (non-hydrogen) atoms. The molecule has 3 N–H and O–H groups in total. The molecule has 0 spiro atoms. The zero-order chi connectivity index (χ0) is 15.4. The van der Waals surface area contributed by atoms with Crippen LogP contribution in [-0.2, 0) is 0 Å². The Bertz CT molecular complexity index is 518. The maximum atomic E-state index is 9.16. The summed E-state index contributed by atoms with van der Waals surface area (Å²) in [7, 11) is 0. The van der Waals surface area contributed by atoms with Crippen LogP contribution in [0.1, 0.15) is 39.2 Å². The molecule has 1 fully saturated rings. The fourth-order valence-corrected chi connectivity index (χ4v) is 3.86. The zero-order valence-electron chi connectivity index (χ0n) is 13.0. The van der Waals surface area contributed by atoms with Crippen molar-refractivity contribution in [2.45, 2.75) is 44.6 Å². The molecule has 1 aromatic carbocycles. The van der Waals surface area contributed by atoms with E-state index < -0.39 is 0 Å². The average molecular weight is 307 g/mol. The highest BCUT2D eigenvalue weighted by Crippen LogP contribution is 2.35. The summed E-state index contributed by atoms with van der Waals surface area (Å²) in [4.78, 5) is 3.48. The summed E-state index contributed by atoms with van der Waals surface area (Å²) in [5.41, 5.74) is 7.93. The van der Waals surface area contributed by atoms with Crippen LogP contribution in [0, 0.1) is 5.92 Å². The standard InChI is InChI=1S/C16H25N3OS/c1-4-21-14-9-5-8-13(15(14)16(17)18-20)19-10-6-7-11(2)12(19)3/h5,8-9,11-12,20H,4,6-7,10H2,1-3H3,(H2,17,18). The minimum absolute atomic E-state index is 0.201. The van der Waals surface area contributed by atoms with Crippen LogP contribution < -0.4 is 10.6 Å². The Labute approximate surface area is 131 Å². The molecular weight excluding hydrogens is 282 g/mol. The van der Waals surface area contributed by atoms with Crippen LogP contribution in [-0.4, -0.2) is 29.4 Å². The van der Waals surface area contributed by atoms with Crippen LogP contribution in [0.4, 0.5) is 5.69 Å². The van der Waals surface area contributed by atoms with Gasteiger partial charge in [0.1, 0.15) is 0 Å². The topological polar surface area (TPSA) is 61.8 Å². The average Bonchev–Trinajstić information content (AvgIpc) is 2.49. The van der Waals surface area contributed by atoms with Crippen molar-refractivity contribution < 1.29 is 5.21 Å². The van der Waals surface area contributed by atoms with Gasteiger partial charge in [-0.1, -0.05) is 25.1 Å². The predicted octanol–water partition coefficient (Wildman–Crippen LogP) is 3.52. The zero-order valence-corrected chi connectivity index (χ0v) is 13.9. The van der Waals surface area contributed by atoms with Gasteiger partial charge in [0, 0.05) is 23.2 Å². The van der Waals surface area contributed by atoms with Crippen molar-refractivity contribution in [1.82, 2.24) is 0 Å². The molecule has 1 heterocycles. The van der Waals surface area contributed by atoms with Crippen molar-refractivity contribution in [3.8, 4) is 0 Å². The molecule has 1 aromatic rings. The third-order valence-corrected chi connectivity index (χ3v) is 5.29. The lowest BCUT2D eigenvalue weighted by Crippen LogP contribution is -2.43. The van der Waals surface area contributed by atoms with E-state index in [-0.39, 0.29) is 5.84 Å². The first kappa shape index (κ1) is 16.0. The van der Waals surface area contributed by atoms with Gasteiger partial charge in [-0.05, 0) is 43.6 Å². The van der Waals surface area contributed by atoms with E-state index in [1.807, 2.05) is 6.07 Å². The number of oxime groups is 1.